The molecule has 0 spiro atoms. The molecular formula is C25H15F5N6O. The normalized spacial score (nSPS) is 11.5. The fourth-order valence-corrected chi connectivity index (χ4v) is 3.70. The van der Waals surface area contributed by atoms with Crippen LogP contribution in [0.1, 0.15) is 15.9 Å². The maximum atomic E-state index is 15.3. The molecule has 1 amide bonds. The third kappa shape index (κ3) is 4.68. The number of anilines is 3. The standard InChI is InChI=1S/C25H15F5N6O/c26-17-6-7-18(35-24(37)13-3-1-4-14(11-13)25(28,29)30)19(27)21(17)36-23-15(5-2-9-31-23)20-16-8-10-32-22(16)34-12-33-20/h1-12H,(H,31,36)(H,35,37)(H,32,33,34). The average molecular weight is 510 g/mol. The smallest absolute Gasteiger partial charge is 0.346 e. The van der Waals surface area contributed by atoms with Gasteiger partial charge in [0.1, 0.15) is 29.3 Å². The van der Waals surface area contributed by atoms with E-state index in [0.29, 0.717) is 28.4 Å². The first-order chi connectivity index (χ1) is 17.7. The van der Waals surface area contributed by atoms with Gasteiger partial charge in [-0.05, 0) is 48.5 Å². The van der Waals surface area contributed by atoms with Gasteiger partial charge in [0.15, 0.2) is 5.82 Å². The Kier molecular flexibility index (Phi) is 5.99. The lowest BCUT2D eigenvalue weighted by Gasteiger charge is -2.15. The van der Waals surface area contributed by atoms with E-state index < -0.39 is 40.7 Å². The van der Waals surface area contributed by atoms with Gasteiger partial charge in [-0.25, -0.2) is 23.7 Å². The SMILES string of the molecule is O=C(Nc1ccc(F)c(Nc2ncccc2-c2ncnc3[nH]ccc23)c1F)c1cccc(C(F)(F)F)c1. The molecule has 5 aromatic rings. The second-order valence-corrected chi connectivity index (χ2v) is 7.80. The summed E-state index contributed by atoms with van der Waals surface area (Å²) in [6.45, 7) is 0. The number of carbonyl (C=O) groups is 1. The number of hydrogen-bond donors (Lipinski definition) is 3. The molecule has 0 aliphatic rings. The van der Waals surface area contributed by atoms with Crippen LogP contribution in [0.3, 0.4) is 0 Å². The highest BCUT2D eigenvalue weighted by atomic mass is 19.4. The molecule has 0 saturated carbocycles. The quantitative estimate of drug-likeness (QED) is 0.241. The summed E-state index contributed by atoms with van der Waals surface area (Å²) in [6.07, 6.45) is -0.251. The van der Waals surface area contributed by atoms with Gasteiger partial charge in [-0.1, -0.05) is 6.07 Å². The lowest BCUT2D eigenvalue weighted by molar-refractivity contribution is -0.137. The number of nitrogens with zero attached hydrogens (tertiary/aromatic N) is 3. The van der Waals surface area contributed by atoms with Crippen molar-refractivity contribution in [2.75, 3.05) is 10.6 Å². The van der Waals surface area contributed by atoms with Gasteiger partial charge in [0, 0.05) is 28.9 Å². The largest absolute Gasteiger partial charge is 0.416 e. The summed E-state index contributed by atoms with van der Waals surface area (Å²) >= 11 is 0. The number of rotatable bonds is 5. The molecule has 0 fully saturated rings. The van der Waals surface area contributed by atoms with Gasteiger partial charge in [0.2, 0.25) is 0 Å². The molecule has 0 unspecified atom stereocenters. The van der Waals surface area contributed by atoms with Crippen LogP contribution in [0.5, 0.6) is 0 Å². The molecule has 2 aromatic carbocycles. The van der Waals surface area contributed by atoms with Crippen LogP contribution in [-0.2, 0) is 6.18 Å². The molecule has 0 saturated heterocycles. The number of nitrogens with one attached hydrogen (secondary N) is 3. The average Bonchev–Trinajstić information content (AvgIpc) is 3.37. The fourth-order valence-electron chi connectivity index (χ4n) is 3.70. The number of H-pyrrole nitrogens is 1. The summed E-state index contributed by atoms with van der Waals surface area (Å²) in [5.74, 6) is -3.09. The Morgan fingerprint density at radius 1 is 0.946 bits per heavy atom. The van der Waals surface area contributed by atoms with Gasteiger partial charge in [-0.2, -0.15) is 13.2 Å². The molecular weight excluding hydrogens is 495 g/mol. The molecule has 37 heavy (non-hydrogen) atoms. The van der Waals surface area contributed by atoms with E-state index >= 15 is 4.39 Å². The van der Waals surface area contributed by atoms with Crippen molar-refractivity contribution in [2.45, 2.75) is 6.18 Å². The van der Waals surface area contributed by atoms with Gasteiger partial charge in [0.25, 0.3) is 5.91 Å². The van der Waals surface area contributed by atoms with Crippen molar-refractivity contribution >= 4 is 34.1 Å². The molecule has 12 heteroatoms. The number of halogens is 5. The highest BCUT2D eigenvalue weighted by Gasteiger charge is 2.31. The lowest BCUT2D eigenvalue weighted by atomic mass is 10.1. The van der Waals surface area contributed by atoms with Crippen LogP contribution in [0.4, 0.5) is 39.1 Å². The van der Waals surface area contributed by atoms with E-state index in [0.717, 1.165) is 30.3 Å². The summed E-state index contributed by atoms with van der Waals surface area (Å²) < 4.78 is 69.0. The first kappa shape index (κ1) is 23.9. The highest BCUT2D eigenvalue weighted by Crippen LogP contribution is 2.35. The number of alkyl halides is 3. The van der Waals surface area contributed by atoms with E-state index in [4.69, 9.17) is 0 Å². The van der Waals surface area contributed by atoms with E-state index in [1.54, 1.807) is 24.4 Å². The van der Waals surface area contributed by atoms with Crippen molar-refractivity contribution in [1.82, 2.24) is 19.9 Å². The Labute approximate surface area is 205 Å². The van der Waals surface area contributed by atoms with E-state index in [9.17, 15) is 22.4 Å². The molecule has 3 N–H and O–H groups in total. The first-order valence-electron chi connectivity index (χ1n) is 10.7. The number of aromatic nitrogens is 4. The molecule has 186 valence electrons. The second kappa shape index (κ2) is 9.30. The molecule has 0 atom stereocenters. The van der Waals surface area contributed by atoms with E-state index in [1.165, 1.54) is 12.5 Å². The number of hydrogen-bond acceptors (Lipinski definition) is 5. The van der Waals surface area contributed by atoms with Gasteiger partial charge >= 0.3 is 6.18 Å². The molecule has 0 radical (unpaired) electrons. The molecule has 5 rings (SSSR count). The Hall–Kier alpha value is -4.87. The summed E-state index contributed by atoms with van der Waals surface area (Å²) in [7, 11) is 0. The van der Waals surface area contributed by atoms with Gasteiger partial charge < -0.3 is 15.6 Å². The van der Waals surface area contributed by atoms with E-state index in [-0.39, 0.29) is 11.4 Å². The minimum atomic E-state index is -4.66. The van der Waals surface area contributed by atoms with Crippen molar-refractivity contribution < 1.29 is 26.7 Å². The Balaban J connectivity index is 1.48. The Bertz CT molecular complexity index is 1630. The van der Waals surface area contributed by atoms with E-state index in [1.807, 2.05) is 0 Å². The summed E-state index contributed by atoms with van der Waals surface area (Å²) in [5.41, 5.74) is -1.02. The van der Waals surface area contributed by atoms with Crippen LogP contribution in [-0.4, -0.2) is 25.8 Å². The number of amides is 1. The summed E-state index contributed by atoms with van der Waals surface area (Å²) in [6, 6.07) is 10.5. The lowest BCUT2D eigenvalue weighted by Crippen LogP contribution is -2.15. The van der Waals surface area contributed by atoms with Crippen LogP contribution < -0.4 is 10.6 Å². The molecule has 0 aliphatic heterocycles. The zero-order valence-corrected chi connectivity index (χ0v) is 18.6. The zero-order chi connectivity index (χ0) is 26.2. The molecule has 7 nitrogen and oxygen atoms in total. The highest BCUT2D eigenvalue weighted by molar-refractivity contribution is 6.04. The van der Waals surface area contributed by atoms with Crippen molar-refractivity contribution in [2.24, 2.45) is 0 Å². The minimum absolute atomic E-state index is 0.0721. The number of aromatic amines is 1. The predicted molar refractivity (Wildman–Crippen MR) is 126 cm³/mol. The number of benzene rings is 2. The maximum Gasteiger partial charge on any atom is 0.416 e. The number of carbonyl (C=O) groups excluding carboxylic acids is 1. The molecule has 0 aliphatic carbocycles. The van der Waals surface area contributed by atoms with Crippen LogP contribution in [0.15, 0.2) is 73.3 Å². The Morgan fingerprint density at radius 2 is 1.78 bits per heavy atom. The summed E-state index contributed by atoms with van der Waals surface area (Å²) in [4.78, 5) is 28.1. The van der Waals surface area contributed by atoms with Crippen molar-refractivity contribution in [3.8, 4) is 11.3 Å². The topological polar surface area (TPSA) is 95.6 Å². The predicted octanol–water partition coefficient (Wildman–Crippen LogP) is 6.31. The zero-order valence-electron chi connectivity index (χ0n) is 18.6. The molecule has 0 bridgehead atoms. The summed E-state index contributed by atoms with van der Waals surface area (Å²) in [5, 5.41) is 5.46. The van der Waals surface area contributed by atoms with Gasteiger partial charge in [-0.15, -0.1) is 0 Å². The molecule has 3 heterocycles. The van der Waals surface area contributed by atoms with Crippen LogP contribution >= 0.6 is 0 Å². The fraction of sp³-hybridized carbons (Fsp3) is 0.0400. The van der Waals surface area contributed by atoms with Crippen LogP contribution in [0.25, 0.3) is 22.3 Å². The number of pyridine rings is 1. The van der Waals surface area contributed by atoms with Gasteiger partial charge in [-0.3, -0.25) is 4.79 Å². The van der Waals surface area contributed by atoms with Crippen LogP contribution in [0.2, 0.25) is 0 Å². The van der Waals surface area contributed by atoms with E-state index in [2.05, 4.69) is 30.6 Å². The van der Waals surface area contributed by atoms with Gasteiger partial charge in [0.05, 0.1) is 16.9 Å². The van der Waals surface area contributed by atoms with Crippen molar-refractivity contribution in [3.63, 3.8) is 0 Å². The third-order valence-corrected chi connectivity index (χ3v) is 5.45. The first-order valence-corrected chi connectivity index (χ1v) is 10.7. The van der Waals surface area contributed by atoms with Crippen molar-refractivity contribution in [1.29, 1.82) is 0 Å². The minimum Gasteiger partial charge on any atom is -0.346 e. The monoisotopic (exact) mass is 510 g/mol. The molecule has 3 aromatic heterocycles. The number of fused-ring (bicyclic) bond motifs is 1. The Morgan fingerprint density at radius 3 is 2.59 bits per heavy atom. The van der Waals surface area contributed by atoms with Crippen molar-refractivity contribution in [3.05, 3.63) is 96.1 Å². The maximum absolute atomic E-state index is 15.3. The second-order valence-electron chi connectivity index (χ2n) is 7.80. The van der Waals surface area contributed by atoms with Crippen LogP contribution in [0, 0.1) is 11.6 Å². The third-order valence-electron chi connectivity index (χ3n) is 5.45.